The highest BCUT2D eigenvalue weighted by atomic mass is 32.2. The zero-order valence-electron chi connectivity index (χ0n) is 17.5. The van der Waals surface area contributed by atoms with Crippen molar-refractivity contribution in [1.82, 2.24) is 10.3 Å². The number of nitrogens with one attached hydrogen (secondary N) is 1. The van der Waals surface area contributed by atoms with Gasteiger partial charge in [-0.15, -0.1) is 0 Å². The minimum absolute atomic E-state index is 0.0406. The third-order valence-corrected chi connectivity index (χ3v) is 6.24. The molecule has 2 heterocycles. The normalized spacial score (nSPS) is 25.6. The standard InChI is InChI=1S/C21H24F2N4O5S/c1-9-4-10(5-12(22)16(9)23)13(24)7-27-17-18(29)15(8-28)32-21(19(17)30)33-11-2-3-14(20(25)31)26-6-11/h2-7,15,17-19,21,27-30H,8,24H2,1H3,(H2,25,31)/b13-7-. The molecule has 1 aromatic heterocycles. The second kappa shape index (κ2) is 10.4. The number of carbonyl (C=O) groups is 1. The third-order valence-electron chi connectivity index (χ3n) is 5.10. The molecule has 0 radical (unpaired) electrons. The Morgan fingerprint density at radius 2 is 2.00 bits per heavy atom. The molecule has 1 aromatic carbocycles. The van der Waals surface area contributed by atoms with Gasteiger partial charge >= 0.3 is 0 Å². The van der Waals surface area contributed by atoms with Gasteiger partial charge in [0.1, 0.15) is 29.4 Å². The Morgan fingerprint density at radius 3 is 2.58 bits per heavy atom. The van der Waals surface area contributed by atoms with Crippen LogP contribution in [-0.2, 0) is 4.74 Å². The van der Waals surface area contributed by atoms with Crippen LogP contribution in [0.15, 0.2) is 41.6 Å². The minimum atomic E-state index is -1.31. The van der Waals surface area contributed by atoms with Crippen LogP contribution in [0.3, 0.4) is 0 Å². The van der Waals surface area contributed by atoms with E-state index < -0.39 is 53.9 Å². The molecule has 5 unspecified atom stereocenters. The maximum absolute atomic E-state index is 13.7. The molecule has 2 aromatic rings. The van der Waals surface area contributed by atoms with Gasteiger partial charge in [-0.3, -0.25) is 4.79 Å². The molecular weight excluding hydrogens is 458 g/mol. The van der Waals surface area contributed by atoms with Crippen molar-refractivity contribution in [2.75, 3.05) is 6.61 Å². The summed E-state index contributed by atoms with van der Waals surface area (Å²) < 4.78 is 32.9. The van der Waals surface area contributed by atoms with Crippen LogP contribution in [0.25, 0.3) is 5.70 Å². The van der Waals surface area contributed by atoms with Gasteiger partial charge in [0.05, 0.1) is 18.3 Å². The molecule has 8 N–H and O–H groups in total. The Bertz CT molecular complexity index is 1020. The number of nitrogens with two attached hydrogens (primary N) is 2. The SMILES string of the molecule is Cc1cc(/C(N)=C/NC2C(O)C(CO)OC(Sc3ccc(C(N)=O)nc3)C2O)cc(F)c1F. The fraction of sp³-hybridized carbons (Fsp3) is 0.333. The number of aryl methyl sites for hydroxylation is 1. The highest BCUT2D eigenvalue weighted by molar-refractivity contribution is 7.99. The van der Waals surface area contributed by atoms with Gasteiger partial charge in [0.25, 0.3) is 5.91 Å². The summed E-state index contributed by atoms with van der Waals surface area (Å²) in [6.45, 7) is 0.872. The molecule has 9 nitrogen and oxygen atoms in total. The van der Waals surface area contributed by atoms with Crippen LogP contribution in [0.1, 0.15) is 21.6 Å². The van der Waals surface area contributed by atoms with Gasteiger partial charge in [0, 0.05) is 22.9 Å². The summed E-state index contributed by atoms with van der Waals surface area (Å²) in [7, 11) is 0. The number of pyridine rings is 1. The van der Waals surface area contributed by atoms with Crippen LogP contribution in [0.5, 0.6) is 0 Å². The van der Waals surface area contributed by atoms with E-state index in [9.17, 15) is 28.9 Å². The molecule has 5 atom stereocenters. The number of halogens is 2. The van der Waals surface area contributed by atoms with E-state index in [1.54, 1.807) is 6.07 Å². The summed E-state index contributed by atoms with van der Waals surface area (Å²) in [5.74, 6) is -2.71. The van der Waals surface area contributed by atoms with E-state index >= 15 is 0 Å². The number of aliphatic hydroxyl groups is 3. The quantitative estimate of drug-likeness (QED) is 0.324. The van der Waals surface area contributed by atoms with Crippen molar-refractivity contribution in [2.45, 2.75) is 41.6 Å². The average Bonchev–Trinajstić information content (AvgIpc) is 2.79. The van der Waals surface area contributed by atoms with Crippen LogP contribution >= 0.6 is 11.8 Å². The van der Waals surface area contributed by atoms with Gasteiger partial charge in [0.15, 0.2) is 11.6 Å². The molecule has 0 saturated carbocycles. The number of benzene rings is 1. The second-order valence-electron chi connectivity index (χ2n) is 7.45. The molecular formula is C21H24F2N4O5S. The summed E-state index contributed by atoms with van der Waals surface area (Å²) >= 11 is 1.06. The van der Waals surface area contributed by atoms with E-state index in [4.69, 9.17) is 16.2 Å². The molecule has 3 rings (SSSR count). The van der Waals surface area contributed by atoms with Gasteiger partial charge < -0.3 is 36.8 Å². The lowest BCUT2D eigenvalue weighted by Gasteiger charge is -2.42. The van der Waals surface area contributed by atoms with E-state index in [0.717, 1.165) is 17.8 Å². The number of amides is 1. The Hall–Kier alpha value is -2.77. The van der Waals surface area contributed by atoms with Crippen molar-refractivity contribution < 1.29 is 33.6 Å². The minimum Gasteiger partial charge on any atom is -0.397 e. The average molecular weight is 483 g/mol. The number of rotatable bonds is 7. The molecule has 1 fully saturated rings. The summed E-state index contributed by atoms with van der Waals surface area (Å²) in [5, 5.41) is 33.7. The van der Waals surface area contributed by atoms with E-state index in [-0.39, 0.29) is 22.5 Å². The molecule has 1 saturated heterocycles. The van der Waals surface area contributed by atoms with Crippen molar-refractivity contribution in [3.63, 3.8) is 0 Å². The van der Waals surface area contributed by atoms with Crippen LogP contribution in [0.4, 0.5) is 8.78 Å². The van der Waals surface area contributed by atoms with Crippen molar-refractivity contribution in [2.24, 2.45) is 11.5 Å². The molecule has 1 aliphatic rings. The fourth-order valence-electron chi connectivity index (χ4n) is 3.27. The van der Waals surface area contributed by atoms with Gasteiger partial charge in [-0.1, -0.05) is 11.8 Å². The first-order chi connectivity index (χ1) is 15.6. The topological polar surface area (TPSA) is 164 Å². The van der Waals surface area contributed by atoms with E-state index in [1.807, 2.05) is 0 Å². The lowest BCUT2D eigenvalue weighted by molar-refractivity contribution is -0.164. The number of aromatic nitrogens is 1. The van der Waals surface area contributed by atoms with E-state index in [0.29, 0.717) is 4.90 Å². The zero-order chi connectivity index (χ0) is 24.3. The molecule has 1 amide bonds. The summed E-state index contributed by atoms with van der Waals surface area (Å²) in [4.78, 5) is 15.6. The number of aliphatic hydroxyl groups excluding tert-OH is 3. The molecule has 33 heavy (non-hydrogen) atoms. The van der Waals surface area contributed by atoms with Crippen molar-refractivity contribution in [1.29, 1.82) is 0 Å². The lowest BCUT2D eigenvalue weighted by Crippen LogP contribution is -2.62. The van der Waals surface area contributed by atoms with E-state index in [1.165, 1.54) is 31.5 Å². The third kappa shape index (κ3) is 5.60. The summed E-state index contributed by atoms with van der Waals surface area (Å²) in [6, 6.07) is 4.27. The molecule has 1 aliphatic heterocycles. The van der Waals surface area contributed by atoms with Gasteiger partial charge in [-0.05, 0) is 36.8 Å². The van der Waals surface area contributed by atoms with E-state index in [2.05, 4.69) is 10.3 Å². The maximum atomic E-state index is 13.7. The number of primary amides is 1. The summed E-state index contributed by atoms with van der Waals surface area (Å²) in [6.07, 6.45) is -0.979. The Balaban J connectivity index is 1.78. The van der Waals surface area contributed by atoms with Crippen LogP contribution in [0.2, 0.25) is 0 Å². The highest BCUT2D eigenvalue weighted by Crippen LogP contribution is 2.33. The summed E-state index contributed by atoms with van der Waals surface area (Å²) in [5.41, 5.74) is 10.6. The molecule has 0 aliphatic carbocycles. The second-order valence-corrected chi connectivity index (χ2v) is 8.62. The number of hydrogen-bond acceptors (Lipinski definition) is 9. The first-order valence-corrected chi connectivity index (χ1v) is 10.7. The van der Waals surface area contributed by atoms with Gasteiger partial charge in [0.2, 0.25) is 0 Å². The van der Waals surface area contributed by atoms with Crippen LogP contribution < -0.4 is 16.8 Å². The molecule has 0 bridgehead atoms. The molecule has 178 valence electrons. The molecule has 0 spiro atoms. The van der Waals surface area contributed by atoms with Crippen LogP contribution in [-0.4, -0.2) is 62.6 Å². The number of nitrogens with zero attached hydrogens (tertiary/aromatic N) is 1. The number of ether oxygens (including phenoxy) is 1. The first kappa shape index (κ1) is 24.9. The number of thioether (sulfide) groups is 1. The first-order valence-electron chi connectivity index (χ1n) is 9.85. The van der Waals surface area contributed by atoms with Crippen LogP contribution in [0, 0.1) is 18.6 Å². The Kier molecular flexibility index (Phi) is 7.87. The smallest absolute Gasteiger partial charge is 0.267 e. The largest absolute Gasteiger partial charge is 0.397 e. The predicted molar refractivity (Wildman–Crippen MR) is 117 cm³/mol. The van der Waals surface area contributed by atoms with Crippen molar-refractivity contribution >= 4 is 23.4 Å². The molecule has 12 heteroatoms. The van der Waals surface area contributed by atoms with Crippen molar-refractivity contribution in [3.05, 3.63) is 65.1 Å². The monoisotopic (exact) mass is 482 g/mol. The van der Waals surface area contributed by atoms with Crippen molar-refractivity contribution in [3.8, 4) is 0 Å². The lowest BCUT2D eigenvalue weighted by atomic mass is 9.97. The van der Waals surface area contributed by atoms with Gasteiger partial charge in [-0.2, -0.15) is 0 Å². The number of hydrogen-bond donors (Lipinski definition) is 6. The highest BCUT2D eigenvalue weighted by Gasteiger charge is 2.44. The van der Waals surface area contributed by atoms with Gasteiger partial charge in [-0.25, -0.2) is 13.8 Å². The Labute approximate surface area is 192 Å². The fourth-order valence-corrected chi connectivity index (χ4v) is 4.31. The predicted octanol–water partition coefficient (Wildman–Crippen LogP) is 0.214. The number of carbonyl (C=O) groups excluding carboxylic acids is 1. The maximum Gasteiger partial charge on any atom is 0.267 e. The zero-order valence-corrected chi connectivity index (χ0v) is 18.3. The Morgan fingerprint density at radius 1 is 1.27 bits per heavy atom.